The number of hydrogen-bond donors (Lipinski definition) is 1. The molecule has 128 valence electrons. The predicted molar refractivity (Wildman–Crippen MR) is 97.8 cm³/mol. The molecule has 2 bridgehead atoms. The zero-order chi connectivity index (χ0) is 15.6. The van der Waals surface area contributed by atoms with Gasteiger partial charge in [0.1, 0.15) is 5.75 Å². The summed E-state index contributed by atoms with van der Waals surface area (Å²) in [5.41, 5.74) is 0. The maximum absolute atomic E-state index is 12.6. The number of amides is 1. The van der Waals surface area contributed by atoms with E-state index in [1.807, 2.05) is 30.3 Å². The minimum absolute atomic E-state index is 0. The highest BCUT2D eigenvalue weighted by molar-refractivity contribution is 5.85. The Morgan fingerprint density at radius 3 is 2.75 bits per heavy atom. The van der Waals surface area contributed by atoms with Crippen molar-refractivity contribution in [1.82, 2.24) is 10.2 Å². The molecular weight excluding hydrogens is 324 g/mol. The Morgan fingerprint density at radius 1 is 1.08 bits per heavy atom. The van der Waals surface area contributed by atoms with Crippen molar-refractivity contribution in [2.75, 3.05) is 19.7 Å². The Hall–Kier alpha value is -1.78. The molecule has 2 fully saturated rings. The third-order valence-corrected chi connectivity index (χ3v) is 5.03. The van der Waals surface area contributed by atoms with Crippen LogP contribution in [-0.4, -0.2) is 42.6 Å². The lowest BCUT2D eigenvalue weighted by Crippen LogP contribution is -2.44. The zero-order valence-electron chi connectivity index (χ0n) is 13.6. The molecule has 0 aromatic heterocycles. The van der Waals surface area contributed by atoms with Crippen LogP contribution in [0.15, 0.2) is 42.5 Å². The summed E-state index contributed by atoms with van der Waals surface area (Å²) in [6.07, 6.45) is 3.30. The average Bonchev–Trinajstić information content (AvgIpc) is 2.85. The molecule has 2 aliphatic heterocycles. The van der Waals surface area contributed by atoms with E-state index in [0.29, 0.717) is 12.1 Å². The predicted octanol–water partition coefficient (Wildman–Crippen LogP) is 2.99. The normalized spacial score (nSPS) is 22.8. The number of hydrogen-bond acceptors (Lipinski definition) is 3. The molecule has 4 rings (SSSR count). The second kappa shape index (κ2) is 7.41. The number of benzene rings is 2. The van der Waals surface area contributed by atoms with Gasteiger partial charge in [-0.3, -0.25) is 4.79 Å². The van der Waals surface area contributed by atoms with E-state index >= 15 is 0 Å². The van der Waals surface area contributed by atoms with E-state index in [2.05, 4.69) is 22.3 Å². The van der Waals surface area contributed by atoms with Gasteiger partial charge in [0.2, 0.25) is 0 Å². The van der Waals surface area contributed by atoms with Crippen molar-refractivity contribution in [3.05, 3.63) is 42.5 Å². The SMILES string of the molecule is Cl.O=C(COc1ccc2ccccc2c1)N1C2CCNCC1CC2. The number of carbonyl (C=O) groups is 1. The van der Waals surface area contributed by atoms with Gasteiger partial charge in [0.25, 0.3) is 5.91 Å². The van der Waals surface area contributed by atoms with E-state index in [1.54, 1.807) is 0 Å². The van der Waals surface area contributed by atoms with Crippen LogP contribution in [0.1, 0.15) is 19.3 Å². The number of nitrogens with zero attached hydrogens (tertiary/aromatic N) is 1. The fourth-order valence-electron chi connectivity index (χ4n) is 3.87. The molecule has 0 radical (unpaired) electrons. The van der Waals surface area contributed by atoms with Crippen LogP contribution in [0.4, 0.5) is 0 Å². The van der Waals surface area contributed by atoms with Gasteiger partial charge < -0.3 is 15.0 Å². The minimum Gasteiger partial charge on any atom is -0.484 e. The van der Waals surface area contributed by atoms with Crippen molar-refractivity contribution in [2.45, 2.75) is 31.3 Å². The lowest BCUT2D eigenvalue weighted by atomic mass is 10.1. The van der Waals surface area contributed by atoms with Crippen molar-refractivity contribution in [1.29, 1.82) is 0 Å². The highest BCUT2D eigenvalue weighted by atomic mass is 35.5. The van der Waals surface area contributed by atoms with Crippen LogP contribution < -0.4 is 10.1 Å². The molecule has 2 saturated heterocycles. The summed E-state index contributed by atoms with van der Waals surface area (Å²) in [6.45, 7) is 2.06. The van der Waals surface area contributed by atoms with Crippen molar-refractivity contribution in [3.63, 3.8) is 0 Å². The molecule has 2 atom stereocenters. The third-order valence-electron chi connectivity index (χ3n) is 5.03. The van der Waals surface area contributed by atoms with Gasteiger partial charge in [0.05, 0.1) is 0 Å². The number of carbonyl (C=O) groups excluding carboxylic acids is 1. The molecule has 24 heavy (non-hydrogen) atoms. The molecule has 5 heteroatoms. The maximum atomic E-state index is 12.6. The first-order valence-electron chi connectivity index (χ1n) is 8.45. The topological polar surface area (TPSA) is 41.6 Å². The van der Waals surface area contributed by atoms with Crippen LogP contribution in [0.3, 0.4) is 0 Å². The number of ether oxygens (including phenoxy) is 1. The second-order valence-electron chi connectivity index (χ2n) is 6.48. The number of fused-ring (bicyclic) bond motifs is 3. The van der Waals surface area contributed by atoms with Crippen LogP contribution >= 0.6 is 12.4 Å². The summed E-state index contributed by atoms with van der Waals surface area (Å²) in [4.78, 5) is 14.7. The average molecular weight is 347 g/mol. The van der Waals surface area contributed by atoms with E-state index in [0.717, 1.165) is 43.5 Å². The molecule has 1 N–H and O–H groups in total. The lowest BCUT2D eigenvalue weighted by molar-refractivity contribution is -0.136. The van der Waals surface area contributed by atoms with Crippen LogP contribution in [0, 0.1) is 0 Å². The summed E-state index contributed by atoms with van der Waals surface area (Å²) >= 11 is 0. The van der Waals surface area contributed by atoms with Crippen molar-refractivity contribution in [2.24, 2.45) is 0 Å². The molecule has 4 nitrogen and oxygen atoms in total. The van der Waals surface area contributed by atoms with Gasteiger partial charge in [0, 0.05) is 18.6 Å². The molecule has 2 aromatic carbocycles. The summed E-state index contributed by atoms with van der Waals surface area (Å²) in [7, 11) is 0. The van der Waals surface area contributed by atoms with E-state index in [1.165, 1.54) is 5.39 Å². The number of nitrogens with one attached hydrogen (secondary N) is 1. The molecule has 2 unspecified atom stereocenters. The van der Waals surface area contributed by atoms with Gasteiger partial charge in [0.15, 0.2) is 6.61 Å². The second-order valence-corrected chi connectivity index (χ2v) is 6.48. The van der Waals surface area contributed by atoms with Gasteiger partial charge in [-0.2, -0.15) is 0 Å². The van der Waals surface area contributed by atoms with Crippen molar-refractivity contribution in [3.8, 4) is 5.75 Å². The van der Waals surface area contributed by atoms with Crippen molar-refractivity contribution < 1.29 is 9.53 Å². The fourth-order valence-corrected chi connectivity index (χ4v) is 3.87. The number of halogens is 1. The molecule has 2 aromatic rings. The van der Waals surface area contributed by atoms with Gasteiger partial charge in [-0.05, 0) is 48.7 Å². The van der Waals surface area contributed by atoms with Crippen LogP contribution in [0.25, 0.3) is 10.8 Å². The third kappa shape index (κ3) is 3.35. The smallest absolute Gasteiger partial charge is 0.261 e. The molecule has 0 spiro atoms. The summed E-state index contributed by atoms with van der Waals surface area (Å²) in [5, 5.41) is 5.74. The fraction of sp³-hybridized carbons (Fsp3) is 0.421. The van der Waals surface area contributed by atoms with E-state index < -0.39 is 0 Å². The highest BCUT2D eigenvalue weighted by Crippen LogP contribution is 2.28. The monoisotopic (exact) mass is 346 g/mol. The van der Waals surface area contributed by atoms with Gasteiger partial charge in [-0.25, -0.2) is 0 Å². The molecule has 2 heterocycles. The minimum atomic E-state index is 0. The summed E-state index contributed by atoms with van der Waals surface area (Å²) in [6, 6.07) is 14.9. The molecule has 2 aliphatic rings. The van der Waals surface area contributed by atoms with Crippen LogP contribution in [-0.2, 0) is 4.79 Å². The lowest BCUT2D eigenvalue weighted by Gasteiger charge is -2.27. The standard InChI is InChI=1S/C19H22N2O2.ClH/c22-19(21-16-6-7-17(21)12-20-10-9-16)13-23-18-8-5-14-3-1-2-4-15(14)11-18;/h1-5,8,11,16-17,20H,6-7,9-10,12-13H2;1H. The largest absolute Gasteiger partial charge is 0.484 e. The van der Waals surface area contributed by atoms with E-state index in [-0.39, 0.29) is 24.9 Å². The van der Waals surface area contributed by atoms with Crippen LogP contribution in [0.2, 0.25) is 0 Å². The van der Waals surface area contributed by atoms with Crippen molar-refractivity contribution >= 4 is 29.1 Å². The highest BCUT2D eigenvalue weighted by Gasteiger charge is 2.37. The van der Waals surface area contributed by atoms with Gasteiger partial charge in [-0.1, -0.05) is 30.3 Å². The Labute approximate surface area is 148 Å². The molecule has 1 amide bonds. The van der Waals surface area contributed by atoms with Gasteiger partial charge >= 0.3 is 0 Å². The Kier molecular flexibility index (Phi) is 5.27. The van der Waals surface area contributed by atoms with Crippen LogP contribution in [0.5, 0.6) is 5.75 Å². The number of rotatable bonds is 3. The zero-order valence-corrected chi connectivity index (χ0v) is 14.4. The maximum Gasteiger partial charge on any atom is 0.261 e. The Morgan fingerprint density at radius 2 is 1.88 bits per heavy atom. The van der Waals surface area contributed by atoms with Gasteiger partial charge in [-0.15, -0.1) is 12.4 Å². The Bertz CT molecular complexity index is 707. The quantitative estimate of drug-likeness (QED) is 0.929. The molecular formula is C19H23ClN2O2. The Balaban J connectivity index is 0.00000169. The summed E-state index contributed by atoms with van der Waals surface area (Å²) in [5.74, 6) is 0.881. The molecule has 0 aliphatic carbocycles. The summed E-state index contributed by atoms with van der Waals surface area (Å²) < 4.78 is 5.78. The first kappa shape index (κ1) is 17.1. The first-order valence-corrected chi connectivity index (χ1v) is 8.45. The van der Waals surface area contributed by atoms with E-state index in [4.69, 9.17) is 4.74 Å². The van der Waals surface area contributed by atoms with E-state index in [9.17, 15) is 4.79 Å². The molecule has 0 saturated carbocycles. The first-order chi connectivity index (χ1) is 11.3.